The van der Waals surface area contributed by atoms with Gasteiger partial charge in [-0.1, -0.05) is 62.6 Å². The molecule has 6 rings (SSSR count). The van der Waals surface area contributed by atoms with Gasteiger partial charge in [-0.3, -0.25) is 24.3 Å². The number of aryl methyl sites for hydroxylation is 1. The molecule has 17 heteroatoms. The van der Waals surface area contributed by atoms with Crippen molar-refractivity contribution in [2.75, 3.05) is 32.9 Å². The molecule has 2 aliphatic rings. The van der Waals surface area contributed by atoms with E-state index in [1.807, 2.05) is 12.1 Å². The number of nitrogens with two attached hydrogens (primary N) is 2. The largest absolute Gasteiger partial charge is 0.744 e. The number of anilines is 1. The molecule has 340 valence electrons. The van der Waals surface area contributed by atoms with Gasteiger partial charge in [0.25, 0.3) is 5.91 Å². The first kappa shape index (κ1) is 47.8. The second-order valence-electron chi connectivity index (χ2n) is 16.3. The molecule has 1 aliphatic carbocycles. The van der Waals surface area contributed by atoms with E-state index in [0.717, 1.165) is 50.7 Å². The number of nitrogens with zero attached hydrogens (tertiary/aromatic N) is 3. The Kier molecular flexibility index (Phi) is 15.2. The van der Waals surface area contributed by atoms with Crippen molar-refractivity contribution in [3.05, 3.63) is 95.5 Å². The van der Waals surface area contributed by atoms with Crippen LogP contribution < -0.4 is 16.5 Å². The maximum Gasteiger partial charge on any atom is 0.304 e. The van der Waals surface area contributed by atoms with Gasteiger partial charge in [-0.15, -0.1) is 0 Å². The first-order valence-electron chi connectivity index (χ1n) is 21.4. The molecule has 3 aromatic carbocycles. The van der Waals surface area contributed by atoms with Crippen LogP contribution in [0.4, 0.5) is 5.69 Å². The lowest BCUT2D eigenvalue weighted by Gasteiger charge is -2.23. The standard InChI is InChI=1S/C47H55N5O10S2/c1-4-50(2)30-32-29-31-15-10-13-21-41(31)52(32)28-26-34(54)17-9-7-5-6-8-16-33(53)18-14-27-51(3)47(55)36-20-12-11-19-35(36)42-37-22-24-39(48)45(63(56,57)58)43(37)62-44-38(42)23-25-40(49)46(44)64(59,60)61/h10-13,15,19-25,29,48H,4-9,14,16-18,26-28,30,49H2,1-3H3,(H,56,57,58)(H,59,60,61). The highest BCUT2D eigenvalue weighted by Crippen LogP contribution is 2.45. The van der Waals surface area contributed by atoms with E-state index in [1.165, 1.54) is 46.3 Å². The smallest absolute Gasteiger partial charge is 0.304 e. The summed E-state index contributed by atoms with van der Waals surface area (Å²) in [6.45, 7) is 4.78. The number of Topliss-reactive ketones (excluding diaryl/α,β-unsaturated/α-hetero) is 2. The Morgan fingerprint density at radius 3 is 2.12 bits per heavy atom. The summed E-state index contributed by atoms with van der Waals surface area (Å²) in [6, 6.07) is 22.0. The van der Waals surface area contributed by atoms with Crippen molar-refractivity contribution >= 4 is 65.3 Å². The molecule has 0 unspecified atom stereocenters. The van der Waals surface area contributed by atoms with Crippen LogP contribution in [0.2, 0.25) is 0 Å². The minimum absolute atomic E-state index is 0.0198. The molecule has 0 spiro atoms. The van der Waals surface area contributed by atoms with E-state index in [2.05, 4.69) is 41.6 Å². The number of hydrogen-bond acceptors (Lipinski definition) is 11. The lowest BCUT2D eigenvalue weighted by molar-refractivity contribution is -0.176. The molecular formula is C47H55N5O10S2. The highest BCUT2D eigenvalue weighted by Gasteiger charge is 2.32. The third-order valence-electron chi connectivity index (χ3n) is 11.7. The van der Waals surface area contributed by atoms with Crippen molar-refractivity contribution in [3.63, 3.8) is 0 Å². The van der Waals surface area contributed by atoms with E-state index in [4.69, 9.17) is 15.6 Å². The van der Waals surface area contributed by atoms with Crippen LogP contribution in [-0.2, 0) is 42.9 Å². The number of carbonyl (C=O) groups excluding carboxylic acids is 3. The number of benzene rings is 4. The molecule has 15 nitrogen and oxygen atoms in total. The zero-order chi connectivity index (χ0) is 46.3. The third kappa shape index (κ3) is 11.0. The number of aromatic nitrogens is 1. The van der Waals surface area contributed by atoms with Crippen molar-refractivity contribution in [1.82, 2.24) is 14.4 Å². The van der Waals surface area contributed by atoms with Crippen molar-refractivity contribution in [2.24, 2.45) is 0 Å². The predicted molar refractivity (Wildman–Crippen MR) is 243 cm³/mol. The number of nitrogen functional groups attached to an aromatic ring is 1. The number of ketones is 2. The first-order chi connectivity index (χ1) is 30.4. The van der Waals surface area contributed by atoms with Gasteiger partial charge in [0.15, 0.2) is 11.3 Å². The molecular weight excluding hydrogens is 859 g/mol. The third-order valence-corrected chi connectivity index (χ3v) is 13.5. The van der Waals surface area contributed by atoms with Crippen LogP contribution in [-0.4, -0.2) is 85.0 Å². The zero-order valence-corrected chi connectivity index (χ0v) is 38.0. The summed E-state index contributed by atoms with van der Waals surface area (Å²) >= 11 is 0. The maximum absolute atomic E-state index is 14.1. The van der Waals surface area contributed by atoms with Crippen LogP contribution in [0.3, 0.4) is 0 Å². The Labute approximate surface area is 373 Å². The number of unbranched alkanes of at least 4 members (excludes halogenated alkanes) is 4. The first-order valence-corrected chi connectivity index (χ1v) is 24.2. The number of fused-ring (bicyclic) bond motifs is 3. The molecule has 1 aliphatic heterocycles. The number of amides is 1. The molecule has 64 heavy (non-hydrogen) atoms. The SMILES string of the molecule is CCN(C)Cc1cc2ccccc2n1CCC(=O)CCCCCCCC(=O)CCCN(C)C(=O)c1ccccc1-c1c2ccc(=[NH2+])c(S(=O)(=O)O)c-2oc2c(S(=O)(=O)[O-])c(N)ccc12. The van der Waals surface area contributed by atoms with Crippen LogP contribution in [0.25, 0.3) is 44.3 Å². The lowest BCUT2D eigenvalue weighted by Crippen LogP contribution is -2.47. The van der Waals surface area contributed by atoms with Gasteiger partial charge in [-0.2, -0.15) is 8.42 Å². The second kappa shape index (κ2) is 20.4. The molecule has 0 saturated carbocycles. The minimum Gasteiger partial charge on any atom is -0.744 e. The molecule has 0 saturated heterocycles. The average molecular weight is 914 g/mol. The van der Waals surface area contributed by atoms with Crippen LogP contribution >= 0.6 is 0 Å². The molecule has 1 amide bonds. The molecule has 0 radical (unpaired) electrons. The van der Waals surface area contributed by atoms with Crippen LogP contribution in [0.15, 0.2) is 93.1 Å². The molecule has 0 fully saturated rings. The molecule has 0 atom stereocenters. The van der Waals surface area contributed by atoms with Crippen molar-refractivity contribution in [3.8, 4) is 22.5 Å². The summed E-state index contributed by atoms with van der Waals surface area (Å²) in [5.41, 5.74) is 7.76. The summed E-state index contributed by atoms with van der Waals surface area (Å²) in [4.78, 5) is 41.6. The van der Waals surface area contributed by atoms with Crippen molar-refractivity contribution in [2.45, 2.75) is 94.0 Å². The van der Waals surface area contributed by atoms with Crippen molar-refractivity contribution in [1.29, 1.82) is 0 Å². The van der Waals surface area contributed by atoms with E-state index in [1.54, 1.807) is 25.2 Å². The second-order valence-corrected chi connectivity index (χ2v) is 18.9. The van der Waals surface area contributed by atoms with E-state index in [9.17, 15) is 40.3 Å². The highest BCUT2D eigenvalue weighted by atomic mass is 32.2. The van der Waals surface area contributed by atoms with Gasteiger partial charge in [0, 0.05) is 91.7 Å². The lowest BCUT2D eigenvalue weighted by atomic mass is 9.90. The zero-order valence-electron chi connectivity index (χ0n) is 36.3. The van der Waals surface area contributed by atoms with Gasteiger partial charge in [0.1, 0.15) is 26.6 Å². The normalized spacial score (nSPS) is 12.2. The van der Waals surface area contributed by atoms with Gasteiger partial charge in [-0.25, -0.2) is 8.42 Å². The fraction of sp³-hybridized carbons (Fsp3) is 0.362. The minimum atomic E-state index is -5.30. The number of rotatable bonds is 22. The Morgan fingerprint density at radius 2 is 1.44 bits per heavy atom. The van der Waals surface area contributed by atoms with Crippen LogP contribution in [0.1, 0.15) is 87.2 Å². The van der Waals surface area contributed by atoms with E-state index >= 15 is 0 Å². The predicted octanol–water partition coefficient (Wildman–Crippen LogP) is 5.82. The van der Waals surface area contributed by atoms with Gasteiger partial charge < -0.3 is 29.1 Å². The fourth-order valence-corrected chi connectivity index (χ4v) is 9.72. The summed E-state index contributed by atoms with van der Waals surface area (Å²) in [5, 5.41) is 6.74. The summed E-state index contributed by atoms with van der Waals surface area (Å²) in [5.74, 6) is -0.668. The Balaban J connectivity index is 1.02. The summed E-state index contributed by atoms with van der Waals surface area (Å²) < 4.78 is 80.7. The average Bonchev–Trinajstić information content (AvgIpc) is 3.59. The van der Waals surface area contributed by atoms with E-state index in [0.29, 0.717) is 32.2 Å². The quantitative estimate of drug-likeness (QED) is 0.0316. The Morgan fingerprint density at radius 1 is 0.797 bits per heavy atom. The van der Waals surface area contributed by atoms with Gasteiger partial charge in [0.05, 0.1) is 5.69 Å². The molecule has 5 N–H and O–H groups in total. The topological polar surface area (TPSA) is 239 Å². The Hall–Kier alpha value is -5.72. The summed E-state index contributed by atoms with van der Waals surface area (Å²) in [7, 11) is -6.70. The Bertz CT molecular complexity index is 2960. The number of hydrogen-bond donors (Lipinski definition) is 3. The van der Waals surface area contributed by atoms with Gasteiger partial charge in [-0.05, 0) is 80.2 Å². The maximum atomic E-state index is 14.1. The molecule has 2 heterocycles. The molecule has 1 aromatic heterocycles. The fourth-order valence-electron chi connectivity index (χ4n) is 8.23. The van der Waals surface area contributed by atoms with E-state index < -0.39 is 58.3 Å². The van der Waals surface area contributed by atoms with E-state index in [-0.39, 0.29) is 52.2 Å². The van der Waals surface area contributed by atoms with Crippen LogP contribution in [0.5, 0.6) is 0 Å². The van der Waals surface area contributed by atoms with Gasteiger partial charge in [0.2, 0.25) is 10.3 Å². The van der Waals surface area contributed by atoms with Gasteiger partial charge >= 0.3 is 10.1 Å². The highest BCUT2D eigenvalue weighted by molar-refractivity contribution is 7.86. The summed E-state index contributed by atoms with van der Waals surface area (Å²) in [6.07, 6.45) is 6.40. The monoisotopic (exact) mass is 913 g/mol. The van der Waals surface area contributed by atoms with Crippen LogP contribution in [0, 0.1) is 0 Å². The molecule has 4 aromatic rings. The number of para-hydroxylation sites is 1. The number of carbonyl (C=O) groups is 3. The van der Waals surface area contributed by atoms with Crippen molar-refractivity contribution < 1.29 is 50.2 Å². The molecule has 0 bridgehead atoms.